The number of rotatable bonds is 5. The van der Waals surface area contributed by atoms with Crippen LogP contribution in [-0.4, -0.2) is 48.5 Å². The number of hydrogen-bond donors (Lipinski definition) is 0. The summed E-state index contributed by atoms with van der Waals surface area (Å²) in [4.78, 5) is 17.9. The summed E-state index contributed by atoms with van der Waals surface area (Å²) in [6.07, 6.45) is 0.689. The Labute approximate surface area is 186 Å². The summed E-state index contributed by atoms with van der Waals surface area (Å²) in [5.74, 6) is -0.234. The van der Waals surface area contributed by atoms with Crippen molar-refractivity contribution in [2.75, 3.05) is 32.8 Å². The number of ether oxygens (including phenoxy) is 1. The molecule has 1 fully saturated rings. The molecule has 2 aromatic rings. The summed E-state index contributed by atoms with van der Waals surface area (Å²) in [5, 5.41) is 0. The van der Waals surface area contributed by atoms with E-state index in [0.29, 0.717) is 18.7 Å². The second kappa shape index (κ2) is 9.88. The Morgan fingerprint density at radius 3 is 2.31 bits per heavy atom. The van der Waals surface area contributed by atoms with Crippen LogP contribution in [0.2, 0.25) is 0 Å². The number of hydrogen-bond acceptors (Lipinski definition) is 3. The predicted molar refractivity (Wildman–Crippen MR) is 116 cm³/mol. The van der Waals surface area contributed by atoms with Crippen molar-refractivity contribution in [2.24, 2.45) is 0 Å². The lowest BCUT2D eigenvalue weighted by Gasteiger charge is -2.37. The molecule has 1 unspecified atom stereocenters. The minimum absolute atomic E-state index is 0.176. The molecule has 7 heteroatoms. The second-order valence-corrected chi connectivity index (χ2v) is 8.23. The zero-order valence-electron chi connectivity index (χ0n) is 17.8. The van der Waals surface area contributed by atoms with E-state index in [2.05, 4.69) is 4.90 Å². The van der Waals surface area contributed by atoms with Crippen molar-refractivity contribution in [1.82, 2.24) is 9.80 Å². The van der Waals surface area contributed by atoms with Crippen molar-refractivity contribution in [1.29, 1.82) is 0 Å². The molecule has 2 aliphatic rings. The molecule has 2 aromatic carbocycles. The molecule has 2 heterocycles. The van der Waals surface area contributed by atoms with Crippen LogP contribution in [0.15, 0.2) is 66.7 Å². The van der Waals surface area contributed by atoms with E-state index in [1.807, 2.05) is 42.5 Å². The van der Waals surface area contributed by atoms with Gasteiger partial charge in [-0.2, -0.15) is 13.2 Å². The fraction of sp³-hybridized carbons (Fsp3) is 0.400. The maximum atomic E-state index is 13.7. The minimum atomic E-state index is -4.42. The largest absolute Gasteiger partial charge is 0.416 e. The average Bonchev–Trinajstić information content (AvgIpc) is 3.29. The normalized spacial score (nSPS) is 21.4. The molecule has 2 atom stereocenters. The van der Waals surface area contributed by atoms with Gasteiger partial charge in [-0.05, 0) is 49.2 Å². The Bertz CT molecular complexity index is 922. The Balaban J connectivity index is 1.65. The van der Waals surface area contributed by atoms with E-state index in [9.17, 15) is 18.0 Å². The molecule has 4 nitrogen and oxygen atoms in total. The molecule has 0 N–H and O–H groups in total. The van der Waals surface area contributed by atoms with E-state index in [4.69, 9.17) is 4.74 Å². The standard InChI is InChI=1S/C25H27F3N2O2/c26-25(27,28)21-12-10-20(11-13-21)23-24(31)30(16-6-7-17-32-23)22(18-29-14-4-5-15-29)19-8-2-1-3-9-19/h1-3,6-13,22-23H,4-5,14-18H2/t22-,23?/m1/s1. The molecule has 0 saturated carbocycles. The molecule has 170 valence electrons. The summed E-state index contributed by atoms with van der Waals surface area (Å²) in [6.45, 7) is 3.36. The van der Waals surface area contributed by atoms with Gasteiger partial charge in [-0.15, -0.1) is 0 Å². The van der Waals surface area contributed by atoms with Gasteiger partial charge in [-0.25, -0.2) is 0 Å². The van der Waals surface area contributed by atoms with Gasteiger partial charge in [0.2, 0.25) is 0 Å². The van der Waals surface area contributed by atoms with Gasteiger partial charge < -0.3 is 14.5 Å². The summed E-state index contributed by atoms with van der Waals surface area (Å²) in [7, 11) is 0. The molecular weight excluding hydrogens is 417 g/mol. The molecule has 0 aromatic heterocycles. The van der Waals surface area contributed by atoms with E-state index in [1.165, 1.54) is 12.1 Å². The van der Waals surface area contributed by atoms with Crippen LogP contribution in [0, 0.1) is 0 Å². The quantitative estimate of drug-likeness (QED) is 0.609. The summed E-state index contributed by atoms with van der Waals surface area (Å²) >= 11 is 0. The zero-order valence-corrected chi connectivity index (χ0v) is 17.8. The maximum absolute atomic E-state index is 13.7. The third-order valence-electron chi connectivity index (χ3n) is 6.07. The first kappa shape index (κ1) is 22.6. The van der Waals surface area contributed by atoms with Crippen molar-refractivity contribution >= 4 is 5.91 Å². The Morgan fingerprint density at radius 1 is 0.969 bits per heavy atom. The van der Waals surface area contributed by atoms with Crippen LogP contribution in [0.3, 0.4) is 0 Å². The van der Waals surface area contributed by atoms with Crippen LogP contribution >= 0.6 is 0 Å². The van der Waals surface area contributed by atoms with E-state index in [-0.39, 0.29) is 18.6 Å². The van der Waals surface area contributed by atoms with Gasteiger partial charge in [0.25, 0.3) is 5.91 Å². The van der Waals surface area contributed by atoms with Gasteiger partial charge in [0.15, 0.2) is 6.10 Å². The number of halogens is 3. The molecule has 1 saturated heterocycles. The molecule has 0 radical (unpaired) electrons. The lowest BCUT2D eigenvalue weighted by atomic mass is 10.0. The van der Waals surface area contributed by atoms with Crippen molar-refractivity contribution in [2.45, 2.75) is 31.2 Å². The fourth-order valence-electron chi connectivity index (χ4n) is 4.36. The molecule has 0 aliphatic carbocycles. The molecular formula is C25H27F3N2O2. The maximum Gasteiger partial charge on any atom is 0.416 e. The topological polar surface area (TPSA) is 32.8 Å². The van der Waals surface area contributed by atoms with Crippen LogP contribution in [0.1, 0.15) is 41.7 Å². The van der Waals surface area contributed by atoms with E-state index >= 15 is 0 Å². The number of benzene rings is 2. The van der Waals surface area contributed by atoms with Crippen molar-refractivity contribution in [3.63, 3.8) is 0 Å². The van der Waals surface area contributed by atoms with Gasteiger partial charge in [0, 0.05) is 13.1 Å². The lowest BCUT2D eigenvalue weighted by Crippen LogP contribution is -2.44. The van der Waals surface area contributed by atoms with E-state index < -0.39 is 17.8 Å². The SMILES string of the molecule is O=C1C(c2ccc(C(F)(F)F)cc2)OCC=CCN1[C@H](CN1CCCC1)c1ccccc1. The molecule has 1 amide bonds. The smallest absolute Gasteiger partial charge is 0.360 e. The Hall–Kier alpha value is -2.64. The van der Waals surface area contributed by atoms with Gasteiger partial charge in [0.05, 0.1) is 18.2 Å². The summed E-state index contributed by atoms with van der Waals surface area (Å²) < 4.78 is 44.8. The van der Waals surface area contributed by atoms with E-state index in [1.54, 1.807) is 4.90 Å². The third kappa shape index (κ3) is 5.22. The molecule has 4 rings (SSSR count). The van der Waals surface area contributed by atoms with Crippen molar-refractivity contribution in [3.05, 3.63) is 83.4 Å². The van der Waals surface area contributed by atoms with Crippen LogP contribution in [-0.2, 0) is 15.7 Å². The lowest BCUT2D eigenvalue weighted by molar-refractivity contribution is -0.146. The van der Waals surface area contributed by atoms with E-state index in [0.717, 1.165) is 43.6 Å². The Kier molecular flexibility index (Phi) is 6.96. The molecule has 32 heavy (non-hydrogen) atoms. The van der Waals surface area contributed by atoms with Crippen molar-refractivity contribution in [3.8, 4) is 0 Å². The fourth-order valence-corrected chi connectivity index (χ4v) is 4.36. The minimum Gasteiger partial charge on any atom is -0.360 e. The van der Waals surface area contributed by atoms with Crippen LogP contribution in [0.4, 0.5) is 13.2 Å². The monoisotopic (exact) mass is 444 g/mol. The van der Waals surface area contributed by atoms with Gasteiger partial charge >= 0.3 is 6.18 Å². The molecule has 0 bridgehead atoms. The van der Waals surface area contributed by atoms with Gasteiger partial charge in [-0.1, -0.05) is 54.6 Å². The van der Waals surface area contributed by atoms with Gasteiger partial charge in [0.1, 0.15) is 0 Å². The van der Waals surface area contributed by atoms with Crippen molar-refractivity contribution < 1.29 is 22.7 Å². The van der Waals surface area contributed by atoms with Gasteiger partial charge in [-0.3, -0.25) is 4.79 Å². The van der Waals surface area contributed by atoms with Crippen LogP contribution in [0.25, 0.3) is 0 Å². The number of carbonyl (C=O) groups excluding carboxylic acids is 1. The van der Waals surface area contributed by atoms with Crippen LogP contribution in [0.5, 0.6) is 0 Å². The molecule has 0 spiro atoms. The first-order valence-electron chi connectivity index (χ1n) is 10.9. The number of nitrogens with zero attached hydrogens (tertiary/aromatic N) is 2. The zero-order chi connectivity index (χ0) is 22.6. The van der Waals surface area contributed by atoms with Crippen LogP contribution < -0.4 is 0 Å². The highest BCUT2D eigenvalue weighted by atomic mass is 19.4. The predicted octanol–water partition coefficient (Wildman–Crippen LogP) is 5.00. The first-order chi connectivity index (χ1) is 15.4. The summed E-state index contributed by atoms with van der Waals surface area (Å²) in [5.41, 5.74) is 0.719. The number of likely N-dealkylation sites (tertiary alicyclic amines) is 1. The average molecular weight is 444 g/mol. The summed E-state index contributed by atoms with van der Waals surface area (Å²) in [6, 6.07) is 14.4. The molecule has 2 aliphatic heterocycles. The number of carbonyl (C=O) groups is 1. The highest BCUT2D eigenvalue weighted by Gasteiger charge is 2.35. The second-order valence-electron chi connectivity index (χ2n) is 8.23. The first-order valence-corrected chi connectivity index (χ1v) is 10.9. The number of alkyl halides is 3. The highest BCUT2D eigenvalue weighted by molar-refractivity contribution is 5.83. The third-order valence-corrected chi connectivity index (χ3v) is 6.07. The number of amides is 1. The Morgan fingerprint density at radius 2 is 1.66 bits per heavy atom. The highest BCUT2D eigenvalue weighted by Crippen LogP contribution is 2.33.